The maximum Gasteiger partial charge on any atom is 0.230 e. The zero-order valence-corrected chi connectivity index (χ0v) is 9.02. The number of hydrogen-bond acceptors (Lipinski definition) is 6. The minimum atomic E-state index is 0.436. The average Bonchev–Trinajstić information content (AvgIpc) is 2.76. The molecule has 0 radical (unpaired) electrons. The molecule has 0 bridgehead atoms. The lowest BCUT2D eigenvalue weighted by Crippen LogP contribution is -1.82. The van der Waals surface area contributed by atoms with Crippen LogP contribution in [0.2, 0.25) is 0 Å². The van der Waals surface area contributed by atoms with E-state index in [1.807, 2.05) is 12.1 Å². The van der Waals surface area contributed by atoms with Gasteiger partial charge in [-0.05, 0) is 12.1 Å². The zero-order chi connectivity index (χ0) is 11.4. The van der Waals surface area contributed by atoms with Crippen LogP contribution in [0.3, 0.4) is 0 Å². The fraction of sp³-hybridized carbons (Fsp3) is 0. The number of hydrogen-bond donors (Lipinski definition) is 1. The Morgan fingerprint density at radius 1 is 1.31 bits per heavy atom. The number of aldehydes is 1. The lowest BCUT2D eigenvalue weighted by molar-refractivity contribution is 0.112. The number of carbonyl (C=O) groups excluding carboxylic acids is 1. The summed E-state index contributed by atoms with van der Waals surface area (Å²) in [7, 11) is 0. The maximum absolute atomic E-state index is 10.4. The number of rotatable bonds is 3. The van der Waals surface area contributed by atoms with Gasteiger partial charge in [0, 0.05) is 0 Å². The molecule has 2 aromatic rings. The topological polar surface area (TPSA) is 80.7 Å². The van der Waals surface area contributed by atoms with Gasteiger partial charge in [0.25, 0.3) is 0 Å². The maximum atomic E-state index is 10.4. The number of nitrogen functional groups attached to an aromatic ring is 1. The minimum Gasteiger partial charge on any atom is -0.397 e. The van der Waals surface area contributed by atoms with Gasteiger partial charge in [-0.25, -0.2) is 4.98 Å². The van der Waals surface area contributed by atoms with E-state index in [0.29, 0.717) is 21.4 Å². The van der Waals surface area contributed by atoms with E-state index in [1.165, 1.54) is 17.5 Å². The van der Waals surface area contributed by atoms with Crippen molar-refractivity contribution >= 4 is 34.1 Å². The molecule has 0 aliphatic rings. The first kappa shape index (κ1) is 10.4. The van der Waals surface area contributed by atoms with Crippen molar-refractivity contribution in [2.45, 2.75) is 0 Å². The molecule has 1 heterocycles. The number of azo groups is 1. The number of nitrogens with two attached hydrogens (primary N) is 1. The second kappa shape index (κ2) is 4.63. The largest absolute Gasteiger partial charge is 0.397 e. The van der Waals surface area contributed by atoms with Crippen molar-refractivity contribution < 1.29 is 4.79 Å². The molecule has 1 aromatic heterocycles. The highest BCUT2D eigenvalue weighted by Gasteiger charge is 1.99. The van der Waals surface area contributed by atoms with Crippen molar-refractivity contribution in [1.82, 2.24) is 4.98 Å². The molecular formula is C10H8N4OS. The van der Waals surface area contributed by atoms with Gasteiger partial charge in [0.15, 0.2) is 6.29 Å². The Morgan fingerprint density at radius 3 is 2.81 bits per heavy atom. The molecule has 2 N–H and O–H groups in total. The number of carbonyl (C=O) groups is 1. The van der Waals surface area contributed by atoms with Crippen LogP contribution in [0.25, 0.3) is 0 Å². The van der Waals surface area contributed by atoms with Crippen molar-refractivity contribution in [3.8, 4) is 0 Å². The summed E-state index contributed by atoms with van der Waals surface area (Å²) in [6.07, 6.45) is 2.19. The minimum absolute atomic E-state index is 0.436. The average molecular weight is 232 g/mol. The summed E-state index contributed by atoms with van der Waals surface area (Å²) >= 11 is 1.18. The number of anilines is 1. The Morgan fingerprint density at radius 2 is 2.12 bits per heavy atom. The van der Waals surface area contributed by atoms with Gasteiger partial charge in [0.05, 0.1) is 16.8 Å². The molecule has 1 aromatic carbocycles. The quantitative estimate of drug-likeness (QED) is 0.501. The Bertz CT molecular complexity index is 535. The fourth-order valence-electron chi connectivity index (χ4n) is 1.05. The van der Waals surface area contributed by atoms with Crippen molar-refractivity contribution in [2.24, 2.45) is 10.2 Å². The van der Waals surface area contributed by atoms with E-state index in [4.69, 9.17) is 5.73 Å². The molecule has 5 nitrogen and oxygen atoms in total. The van der Waals surface area contributed by atoms with Gasteiger partial charge in [-0.1, -0.05) is 23.5 Å². The van der Waals surface area contributed by atoms with E-state index in [9.17, 15) is 4.79 Å². The van der Waals surface area contributed by atoms with E-state index in [0.717, 1.165) is 6.29 Å². The molecule has 80 valence electrons. The summed E-state index contributed by atoms with van der Waals surface area (Å²) < 4.78 is 0. The predicted octanol–water partition coefficient (Wildman–Crippen LogP) is 2.95. The monoisotopic (exact) mass is 232 g/mol. The van der Waals surface area contributed by atoms with Crippen molar-refractivity contribution in [2.75, 3.05) is 5.73 Å². The second-order valence-corrected chi connectivity index (χ2v) is 3.96. The normalized spacial score (nSPS) is 10.8. The number of para-hydroxylation sites is 1. The first-order valence-corrected chi connectivity index (χ1v) is 5.28. The lowest BCUT2D eigenvalue weighted by Gasteiger charge is -1.95. The number of thiazole rings is 1. The van der Waals surface area contributed by atoms with Gasteiger partial charge in [0.2, 0.25) is 5.13 Å². The number of benzene rings is 1. The van der Waals surface area contributed by atoms with Gasteiger partial charge in [-0.2, -0.15) is 0 Å². The van der Waals surface area contributed by atoms with Gasteiger partial charge in [-0.15, -0.1) is 10.2 Å². The summed E-state index contributed by atoms with van der Waals surface area (Å²) in [5, 5.41) is 8.29. The summed E-state index contributed by atoms with van der Waals surface area (Å²) in [6.45, 7) is 0. The van der Waals surface area contributed by atoms with Crippen LogP contribution in [0, 0.1) is 0 Å². The van der Waals surface area contributed by atoms with Gasteiger partial charge >= 0.3 is 0 Å². The third-order valence-electron chi connectivity index (χ3n) is 1.81. The second-order valence-electron chi connectivity index (χ2n) is 2.92. The molecule has 0 unspecified atom stereocenters. The van der Waals surface area contributed by atoms with Crippen LogP contribution in [0.4, 0.5) is 16.5 Å². The highest BCUT2D eigenvalue weighted by atomic mass is 32.1. The van der Waals surface area contributed by atoms with Crippen LogP contribution in [0.15, 0.2) is 40.7 Å². The van der Waals surface area contributed by atoms with E-state index >= 15 is 0 Å². The Balaban J connectivity index is 2.21. The number of aromatic nitrogens is 1. The molecule has 0 saturated heterocycles. The number of nitrogens with zero attached hydrogens (tertiary/aromatic N) is 3. The molecule has 0 spiro atoms. The summed E-state index contributed by atoms with van der Waals surface area (Å²) in [6, 6.07) is 7.14. The SMILES string of the molecule is Nc1ccccc1/N=N/c1ncc(C=O)s1. The summed E-state index contributed by atoms with van der Waals surface area (Å²) in [4.78, 5) is 14.9. The fourth-order valence-corrected chi connectivity index (χ4v) is 1.60. The third-order valence-corrected chi connectivity index (χ3v) is 2.61. The molecule has 0 amide bonds. The Hall–Kier alpha value is -2.08. The predicted molar refractivity (Wildman–Crippen MR) is 62.5 cm³/mol. The highest BCUT2D eigenvalue weighted by molar-refractivity contribution is 7.16. The van der Waals surface area contributed by atoms with Crippen molar-refractivity contribution in [3.05, 3.63) is 35.3 Å². The molecule has 0 aliphatic heterocycles. The van der Waals surface area contributed by atoms with E-state index < -0.39 is 0 Å². The smallest absolute Gasteiger partial charge is 0.230 e. The summed E-state index contributed by atoms with van der Waals surface area (Å²) in [5.74, 6) is 0. The van der Waals surface area contributed by atoms with E-state index in [1.54, 1.807) is 12.1 Å². The van der Waals surface area contributed by atoms with E-state index in [2.05, 4.69) is 15.2 Å². The highest BCUT2D eigenvalue weighted by Crippen LogP contribution is 2.25. The Labute approximate surface area is 95.7 Å². The van der Waals surface area contributed by atoms with Crippen molar-refractivity contribution in [1.29, 1.82) is 0 Å². The standard InChI is InChI=1S/C10H8N4OS/c11-8-3-1-2-4-9(8)13-14-10-12-5-7(6-15)16-10/h1-6H,11H2/b14-13+. The van der Waals surface area contributed by atoms with Crippen LogP contribution in [0.1, 0.15) is 9.67 Å². The first-order chi connectivity index (χ1) is 7.79. The molecule has 0 saturated carbocycles. The molecular weight excluding hydrogens is 224 g/mol. The first-order valence-electron chi connectivity index (χ1n) is 4.47. The van der Waals surface area contributed by atoms with Gasteiger partial charge in [0.1, 0.15) is 5.69 Å². The van der Waals surface area contributed by atoms with Crippen LogP contribution in [-0.2, 0) is 0 Å². The van der Waals surface area contributed by atoms with Crippen LogP contribution in [-0.4, -0.2) is 11.3 Å². The molecule has 6 heteroatoms. The van der Waals surface area contributed by atoms with E-state index in [-0.39, 0.29) is 0 Å². The van der Waals surface area contributed by atoms with Crippen molar-refractivity contribution in [3.63, 3.8) is 0 Å². The molecule has 16 heavy (non-hydrogen) atoms. The summed E-state index contributed by atoms with van der Waals surface area (Å²) in [5.41, 5.74) is 6.83. The Kier molecular flexibility index (Phi) is 3.02. The molecule has 0 fully saturated rings. The zero-order valence-electron chi connectivity index (χ0n) is 8.20. The molecule has 0 atom stereocenters. The lowest BCUT2D eigenvalue weighted by atomic mass is 10.3. The molecule has 2 rings (SSSR count). The van der Waals surface area contributed by atoms with Crippen LogP contribution >= 0.6 is 11.3 Å². The van der Waals surface area contributed by atoms with Gasteiger partial charge in [-0.3, -0.25) is 4.79 Å². The van der Waals surface area contributed by atoms with Crippen LogP contribution in [0.5, 0.6) is 0 Å². The third kappa shape index (κ3) is 2.29. The van der Waals surface area contributed by atoms with Gasteiger partial charge < -0.3 is 5.73 Å². The van der Waals surface area contributed by atoms with Crippen LogP contribution < -0.4 is 5.73 Å². The molecule has 0 aliphatic carbocycles.